The minimum Gasteiger partial charge on any atom is -0.326 e. The Balaban J connectivity index is 1.58. The lowest BCUT2D eigenvalue weighted by molar-refractivity contribution is -0.145. The number of hydrogen-bond donors (Lipinski definition) is 0. The molecular weight excluding hydrogens is 348 g/mol. The van der Waals surface area contributed by atoms with Gasteiger partial charge in [0.25, 0.3) is 0 Å². The van der Waals surface area contributed by atoms with Crippen LogP contribution < -0.4 is 4.90 Å². The standard InChI is InChI=1S/C24H22N2O2/c27-23(24(28)26-16-15-21-13-7-8-14-22(21)26)25(17-19-9-3-1-4-10-19)18-20-11-5-2-6-12-20/h1-14H,15-18H2. The second-order valence-electron chi connectivity index (χ2n) is 6.97. The van der Waals surface area contributed by atoms with Crippen molar-refractivity contribution in [3.05, 3.63) is 102 Å². The molecule has 0 aliphatic carbocycles. The predicted octanol–water partition coefficient (Wildman–Crippen LogP) is 3.80. The second-order valence-corrected chi connectivity index (χ2v) is 6.97. The molecule has 0 aromatic heterocycles. The Morgan fingerprint density at radius 1 is 0.750 bits per heavy atom. The lowest BCUT2D eigenvalue weighted by atomic mass is 10.1. The first-order valence-corrected chi connectivity index (χ1v) is 9.49. The molecule has 0 spiro atoms. The van der Waals surface area contributed by atoms with Crippen molar-refractivity contribution < 1.29 is 9.59 Å². The second kappa shape index (κ2) is 8.09. The van der Waals surface area contributed by atoms with Gasteiger partial charge >= 0.3 is 11.8 Å². The Kier molecular flexibility index (Phi) is 5.20. The first-order chi connectivity index (χ1) is 13.7. The summed E-state index contributed by atoms with van der Waals surface area (Å²) in [6.07, 6.45) is 0.784. The van der Waals surface area contributed by atoms with Gasteiger partial charge in [-0.2, -0.15) is 0 Å². The molecule has 1 heterocycles. The molecule has 0 unspecified atom stereocenters. The Hall–Kier alpha value is -3.40. The van der Waals surface area contributed by atoms with Crippen LogP contribution in [-0.4, -0.2) is 23.3 Å². The lowest BCUT2D eigenvalue weighted by Gasteiger charge is -2.25. The molecule has 4 rings (SSSR count). The summed E-state index contributed by atoms with van der Waals surface area (Å²) in [4.78, 5) is 29.5. The highest BCUT2D eigenvalue weighted by atomic mass is 16.2. The van der Waals surface area contributed by atoms with E-state index in [0.29, 0.717) is 19.6 Å². The van der Waals surface area contributed by atoms with Gasteiger partial charge in [-0.15, -0.1) is 0 Å². The number of nitrogens with zero attached hydrogens (tertiary/aromatic N) is 2. The molecule has 0 N–H and O–H groups in total. The van der Waals surface area contributed by atoms with Crippen molar-refractivity contribution in [2.45, 2.75) is 19.5 Å². The van der Waals surface area contributed by atoms with Gasteiger partial charge in [-0.05, 0) is 29.2 Å². The van der Waals surface area contributed by atoms with E-state index in [9.17, 15) is 9.59 Å². The summed E-state index contributed by atoms with van der Waals surface area (Å²) in [6.45, 7) is 1.35. The zero-order valence-electron chi connectivity index (χ0n) is 15.6. The predicted molar refractivity (Wildman–Crippen MR) is 110 cm³/mol. The third-order valence-electron chi connectivity index (χ3n) is 5.03. The fourth-order valence-corrected chi connectivity index (χ4v) is 3.61. The topological polar surface area (TPSA) is 40.6 Å². The summed E-state index contributed by atoms with van der Waals surface area (Å²) in [5, 5.41) is 0. The molecule has 0 saturated heterocycles. The molecule has 3 aromatic carbocycles. The Morgan fingerprint density at radius 3 is 1.89 bits per heavy atom. The fourth-order valence-electron chi connectivity index (χ4n) is 3.61. The number of fused-ring (bicyclic) bond motifs is 1. The molecule has 1 aliphatic rings. The summed E-state index contributed by atoms with van der Waals surface area (Å²) in [6, 6.07) is 27.3. The van der Waals surface area contributed by atoms with Crippen LogP contribution in [0.5, 0.6) is 0 Å². The Bertz CT molecular complexity index is 929. The maximum atomic E-state index is 13.2. The van der Waals surface area contributed by atoms with E-state index in [1.54, 1.807) is 9.80 Å². The van der Waals surface area contributed by atoms with E-state index in [2.05, 4.69) is 0 Å². The van der Waals surface area contributed by atoms with Crippen molar-refractivity contribution in [3.63, 3.8) is 0 Å². The van der Waals surface area contributed by atoms with Gasteiger partial charge in [-0.25, -0.2) is 0 Å². The van der Waals surface area contributed by atoms with Gasteiger partial charge in [0.15, 0.2) is 0 Å². The molecule has 140 valence electrons. The highest BCUT2D eigenvalue weighted by Gasteiger charge is 2.32. The van der Waals surface area contributed by atoms with E-state index in [0.717, 1.165) is 28.8 Å². The highest BCUT2D eigenvalue weighted by Crippen LogP contribution is 2.28. The van der Waals surface area contributed by atoms with E-state index >= 15 is 0 Å². The first-order valence-electron chi connectivity index (χ1n) is 9.49. The van der Waals surface area contributed by atoms with Crippen LogP contribution in [0.25, 0.3) is 0 Å². The first kappa shape index (κ1) is 18.0. The van der Waals surface area contributed by atoms with Crippen LogP contribution in [0.4, 0.5) is 5.69 Å². The molecule has 4 nitrogen and oxygen atoms in total. The van der Waals surface area contributed by atoms with Gasteiger partial charge in [0, 0.05) is 25.3 Å². The molecule has 3 aromatic rings. The number of rotatable bonds is 4. The smallest absolute Gasteiger partial charge is 0.316 e. The van der Waals surface area contributed by atoms with E-state index in [1.807, 2.05) is 84.9 Å². The number of hydrogen-bond acceptors (Lipinski definition) is 2. The third-order valence-corrected chi connectivity index (χ3v) is 5.03. The molecule has 28 heavy (non-hydrogen) atoms. The minimum absolute atomic E-state index is 0.399. The average molecular weight is 370 g/mol. The van der Waals surface area contributed by atoms with Crippen LogP contribution in [-0.2, 0) is 29.1 Å². The van der Waals surface area contributed by atoms with Crippen LogP contribution in [0.3, 0.4) is 0 Å². The monoisotopic (exact) mass is 370 g/mol. The fraction of sp³-hybridized carbons (Fsp3) is 0.167. The van der Waals surface area contributed by atoms with Crippen molar-refractivity contribution in [1.29, 1.82) is 0 Å². The van der Waals surface area contributed by atoms with Crippen molar-refractivity contribution in [2.24, 2.45) is 0 Å². The molecule has 0 atom stereocenters. The van der Waals surface area contributed by atoms with Crippen molar-refractivity contribution >= 4 is 17.5 Å². The SMILES string of the molecule is O=C(C(=O)N1CCc2ccccc21)N(Cc1ccccc1)Cc1ccccc1. The van der Waals surface area contributed by atoms with E-state index in [1.165, 1.54) is 0 Å². The molecule has 0 radical (unpaired) electrons. The number of amides is 2. The van der Waals surface area contributed by atoms with E-state index < -0.39 is 11.8 Å². The number of carbonyl (C=O) groups excluding carboxylic acids is 2. The van der Waals surface area contributed by atoms with Crippen molar-refractivity contribution in [1.82, 2.24) is 4.90 Å². The zero-order chi connectivity index (χ0) is 19.3. The van der Waals surface area contributed by atoms with Crippen LogP contribution in [0, 0.1) is 0 Å². The molecule has 0 fully saturated rings. The van der Waals surface area contributed by atoms with Crippen molar-refractivity contribution in [3.8, 4) is 0 Å². The third kappa shape index (κ3) is 3.81. The normalized spacial score (nSPS) is 12.5. The quantitative estimate of drug-likeness (QED) is 0.656. The van der Waals surface area contributed by atoms with Gasteiger partial charge in [-0.3, -0.25) is 9.59 Å². The minimum atomic E-state index is -0.468. The lowest BCUT2D eigenvalue weighted by Crippen LogP contribution is -2.44. The van der Waals surface area contributed by atoms with E-state index in [-0.39, 0.29) is 0 Å². The average Bonchev–Trinajstić information content (AvgIpc) is 3.18. The summed E-state index contributed by atoms with van der Waals surface area (Å²) in [5.74, 6) is -0.929. The summed E-state index contributed by atoms with van der Waals surface area (Å²) >= 11 is 0. The molecule has 4 heteroatoms. The molecular formula is C24H22N2O2. The largest absolute Gasteiger partial charge is 0.326 e. The number of anilines is 1. The Labute approximate surface area is 165 Å². The molecule has 0 saturated carbocycles. The number of benzene rings is 3. The van der Waals surface area contributed by atoms with Crippen LogP contribution in [0.1, 0.15) is 16.7 Å². The van der Waals surface area contributed by atoms with Crippen molar-refractivity contribution in [2.75, 3.05) is 11.4 Å². The van der Waals surface area contributed by atoms with E-state index in [4.69, 9.17) is 0 Å². The van der Waals surface area contributed by atoms with Gasteiger partial charge in [0.05, 0.1) is 0 Å². The van der Waals surface area contributed by atoms with Gasteiger partial charge in [0.2, 0.25) is 0 Å². The van der Waals surface area contributed by atoms with Gasteiger partial charge in [-0.1, -0.05) is 78.9 Å². The van der Waals surface area contributed by atoms with Crippen LogP contribution in [0.15, 0.2) is 84.9 Å². The molecule has 1 aliphatic heterocycles. The summed E-state index contributed by atoms with van der Waals surface area (Å²) in [7, 11) is 0. The highest BCUT2D eigenvalue weighted by molar-refractivity contribution is 6.40. The summed E-state index contributed by atoms with van der Waals surface area (Å²) in [5.41, 5.74) is 3.96. The molecule has 0 bridgehead atoms. The van der Waals surface area contributed by atoms with Gasteiger partial charge < -0.3 is 9.80 Å². The van der Waals surface area contributed by atoms with Gasteiger partial charge in [0.1, 0.15) is 0 Å². The molecule has 2 amide bonds. The number of carbonyl (C=O) groups is 2. The Morgan fingerprint density at radius 2 is 1.29 bits per heavy atom. The maximum Gasteiger partial charge on any atom is 0.316 e. The maximum absolute atomic E-state index is 13.2. The summed E-state index contributed by atoms with van der Waals surface area (Å²) < 4.78 is 0. The number of para-hydroxylation sites is 1. The van der Waals surface area contributed by atoms with Crippen LogP contribution in [0.2, 0.25) is 0 Å². The van der Waals surface area contributed by atoms with Crippen LogP contribution >= 0.6 is 0 Å². The zero-order valence-corrected chi connectivity index (χ0v) is 15.6.